The molecule has 0 saturated heterocycles. The van der Waals surface area contributed by atoms with Gasteiger partial charge in [-0.1, -0.05) is 18.6 Å². The quantitative estimate of drug-likeness (QED) is 0.809. The van der Waals surface area contributed by atoms with E-state index in [0.29, 0.717) is 36.1 Å². The van der Waals surface area contributed by atoms with Gasteiger partial charge in [-0.25, -0.2) is 9.79 Å². The lowest BCUT2D eigenvalue weighted by Crippen LogP contribution is -2.31. The Labute approximate surface area is 142 Å². The van der Waals surface area contributed by atoms with E-state index in [4.69, 9.17) is 4.74 Å². The number of esters is 1. The monoisotopic (exact) mass is 328 g/mol. The van der Waals surface area contributed by atoms with Crippen LogP contribution in [-0.2, 0) is 14.3 Å². The second kappa shape index (κ2) is 6.75. The van der Waals surface area contributed by atoms with Crippen molar-refractivity contribution in [1.82, 2.24) is 5.32 Å². The second-order valence-corrected chi connectivity index (χ2v) is 6.80. The minimum atomic E-state index is -0.353. The van der Waals surface area contributed by atoms with E-state index in [1.165, 1.54) is 17.6 Å². The summed E-state index contributed by atoms with van der Waals surface area (Å²) in [6.45, 7) is 6.13. The van der Waals surface area contributed by atoms with Crippen molar-refractivity contribution in [3.05, 3.63) is 34.1 Å². The lowest BCUT2D eigenvalue weighted by atomic mass is 9.86. The zero-order valence-electron chi connectivity index (χ0n) is 14.6. The Morgan fingerprint density at radius 2 is 2.17 bits per heavy atom. The number of amidine groups is 1. The van der Waals surface area contributed by atoms with Crippen molar-refractivity contribution >= 4 is 17.7 Å². The zero-order valence-corrected chi connectivity index (χ0v) is 14.6. The molecule has 0 spiro atoms. The van der Waals surface area contributed by atoms with Gasteiger partial charge in [-0.3, -0.25) is 4.79 Å². The lowest BCUT2D eigenvalue weighted by Gasteiger charge is -2.19. The predicted molar refractivity (Wildman–Crippen MR) is 92.3 cm³/mol. The fraction of sp³-hybridized carbons (Fsp3) is 0.526. The van der Waals surface area contributed by atoms with Crippen molar-refractivity contribution in [3.8, 4) is 0 Å². The second-order valence-electron chi connectivity index (χ2n) is 6.80. The summed E-state index contributed by atoms with van der Waals surface area (Å²) in [5.74, 6) is 0.767. The molecule has 128 valence electrons. The van der Waals surface area contributed by atoms with E-state index in [-0.39, 0.29) is 11.9 Å². The molecular formula is C19H24N2O3. The number of amides is 1. The molecule has 0 radical (unpaired) electrons. The van der Waals surface area contributed by atoms with E-state index in [0.717, 1.165) is 24.8 Å². The number of ether oxygens (including phenoxy) is 1. The van der Waals surface area contributed by atoms with Crippen LogP contribution in [0.25, 0.3) is 0 Å². The molecule has 0 aromatic rings. The molecule has 0 saturated carbocycles. The molecule has 0 aromatic carbocycles. The standard InChI is InChI=1S/C19H24N2O3/c1-4-24-19(23)16-10-17(20-12(16)3)21-18(22)15-8-13-6-5-11(2)7-14(13)9-15/h9,11H,4-8,10H2,1-3H3,(H,20,21,22). The van der Waals surface area contributed by atoms with Gasteiger partial charge in [0.25, 0.3) is 5.91 Å². The van der Waals surface area contributed by atoms with Crippen molar-refractivity contribution < 1.29 is 14.3 Å². The fourth-order valence-electron chi connectivity index (χ4n) is 3.53. The van der Waals surface area contributed by atoms with E-state index in [1.807, 2.05) is 6.08 Å². The summed E-state index contributed by atoms with van der Waals surface area (Å²) in [5, 5.41) is 2.87. The average Bonchev–Trinajstić information content (AvgIpc) is 3.10. The van der Waals surface area contributed by atoms with E-state index in [2.05, 4.69) is 17.2 Å². The van der Waals surface area contributed by atoms with Crippen LogP contribution in [0.15, 0.2) is 39.1 Å². The Bertz CT molecular complexity index is 710. The number of aliphatic imine (C=N–C) groups is 1. The van der Waals surface area contributed by atoms with Crippen molar-refractivity contribution in [3.63, 3.8) is 0 Å². The predicted octanol–water partition coefficient (Wildman–Crippen LogP) is 3.19. The van der Waals surface area contributed by atoms with Crippen molar-refractivity contribution in [1.29, 1.82) is 0 Å². The third kappa shape index (κ3) is 3.35. The van der Waals surface area contributed by atoms with Gasteiger partial charge in [0.15, 0.2) is 0 Å². The van der Waals surface area contributed by atoms with E-state index in [9.17, 15) is 9.59 Å². The largest absolute Gasteiger partial charge is 0.463 e. The molecule has 0 fully saturated rings. The highest BCUT2D eigenvalue weighted by atomic mass is 16.5. The van der Waals surface area contributed by atoms with Gasteiger partial charge in [0.1, 0.15) is 5.84 Å². The summed E-state index contributed by atoms with van der Waals surface area (Å²) >= 11 is 0. The maximum atomic E-state index is 12.5. The number of hydrogen-bond acceptors (Lipinski definition) is 4. The molecule has 5 heteroatoms. The smallest absolute Gasteiger partial charge is 0.336 e. The molecule has 0 aromatic heterocycles. The molecule has 0 bridgehead atoms. The maximum absolute atomic E-state index is 12.5. The summed E-state index contributed by atoms with van der Waals surface area (Å²) in [6, 6.07) is 0. The first kappa shape index (κ1) is 16.7. The van der Waals surface area contributed by atoms with Gasteiger partial charge in [-0.2, -0.15) is 0 Å². The lowest BCUT2D eigenvalue weighted by molar-refractivity contribution is -0.138. The van der Waals surface area contributed by atoms with Gasteiger partial charge in [-0.05, 0) is 51.0 Å². The van der Waals surface area contributed by atoms with Gasteiger partial charge in [0.2, 0.25) is 0 Å². The number of nitrogens with one attached hydrogen (secondary N) is 1. The van der Waals surface area contributed by atoms with Crippen LogP contribution >= 0.6 is 0 Å². The molecule has 1 atom stereocenters. The van der Waals surface area contributed by atoms with Crippen molar-refractivity contribution in [2.24, 2.45) is 10.9 Å². The van der Waals surface area contributed by atoms with Crippen LogP contribution in [0.3, 0.4) is 0 Å². The summed E-state index contributed by atoms with van der Waals surface area (Å²) in [4.78, 5) is 28.7. The number of nitrogens with zero attached hydrogens (tertiary/aromatic N) is 1. The minimum Gasteiger partial charge on any atom is -0.463 e. The first-order valence-corrected chi connectivity index (χ1v) is 8.65. The molecule has 3 rings (SSSR count). The van der Waals surface area contributed by atoms with Crippen LogP contribution in [0, 0.1) is 5.92 Å². The molecule has 3 aliphatic rings. The highest BCUT2D eigenvalue weighted by Gasteiger charge is 2.28. The third-order valence-electron chi connectivity index (χ3n) is 4.87. The summed E-state index contributed by atoms with van der Waals surface area (Å²) in [6.07, 6.45) is 6.49. The number of allylic oxidation sites excluding steroid dienone is 4. The van der Waals surface area contributed by atoms with Crippen LogP contribution in [0.4, 0.5) is 0 Å². The van der Waals surface area contributed by atoms with Crippen LogP contribution in [0.5, 0.6) is 0 Å². The Hall–Kier alpha value is -2.17. The molecule has 5 nitrogen and oxygen atoms in total. The Morgan fingerprint density at radius 1 is 1.38 bits per heavy atom. The average molecular weight is 328 g/mol. The summed E-state index contributed by atoms with van der Waals surface area (Å²) in [7, 11) is 0. The Balaban J connectivity index is 1.59. The summed E-state index contributed by atoms with van der Waals surface area (Å²) < 4.78 is 5.02. The Kier molecular flexibility index (Phi) is 4.69. The van der Waals surface area contributed by atoms with Gasteiger partial charge < -0.3 is 10.1 Å². The number of carbonyl (C=O) groups is 2. The number of hydrogen-bond donors (Lipinski definition) is 1. The first-order chi connectivity index (χ1) is 11.5. The first-order valence-electron chi connectivity index (χ1n) is 8.65. The molecule has 2 aliphatic carbocycles. The molecule has 1 aliphatic heterocycles. The van der Waals surface area contributed by atoms with Crippen LogP contribution in [-0.4, -0.2) is 24.3 Å². The maximum Gasteiger partial charge on any atom is 0.336 e. The molecule has 1 amide bonds. The highest BCUT2D eigenvalue weighted by Crippen LogP contribution is 2.38. The highest BCUT2D eigenvalue weighted by molar-refractivity contribution is 6.11. The summed E-state index contributed by atoms with van der Waals surface area (Å²) in [5.41, 5.74) is 4.70. The van der Waals surface area contributed by atoms with Crippen LogP contribution in [0.2, 0.25) is 0 Å². The molecule has 1 unspecified atom stereocenters. The van der Waals surface area contributed by atoms with E-state index >= 15 is 0 Å². The normalized spacial score (nSPS) is 23.0. The van der Waals surface area contributed by atoms with E-state index in [1.54, 1.807) is 13.8 Å². The van der Waals surface area contributed by atoms with Gasteiger partial charge >= 0.3 is 5.97 Å². The van der Waals surface area contributed by atoms with Crippen LogP contribution < -0.4 is 5.32 Å². The molecular weight excluding hydrogens is 304 g/mol. The topological polar surface area (TPSA) is 67.8 Å². The SMILES string of the molecule is CCOC(=O)C1=C(C)N=C(NC(=O)C2=CC3=C(CCC(C)C3)C2)C1. The number of rotatable bonds is 3. The molecule has 1 N–H and O–H groups in total. The third-order valence-corrected chi connectivity index (χ3v) is 4.87. The van der Waals surface area contributed by atoms with Crippen molar-refractivity contribution in [2.75, 3.05) is 6.61 Å². The van der Waals surface area contributed by atoms with E-state index < -0.39 is 0 Å². The molecule has 24 heavy (non-hydrogen) atoms. The molecule has 1 heterocycles. The van der Waals surface area contributed by atoms with Crippen LogP contribution in [0.1, 0.15) is 52.9 Å². The Morgan fingerprint density at radius 3 is 2.92 bits per heavy atom. The van der Waals surface area contributed by atoms with Crippen molar-refractivity contribution in [2.45, 2.75) is 52.9 Å². The zero-order chi connectivity index (χ0) is 17.3. The van der Waals surface area contributed by atoms with Gasteiger partial charge in [-0.15, -0.1) is 0 Å². The van der Waals surface area contributed by atoms with Gasteiger partial charge in [0, 0.05) is 12.0 Å². The minimum absolute atomic E-state index is 0.103. The number of carbonyl (C=O) groups excluding carboxylic acids is 2. The van der Waals surface area contributed by atoms with Gasteiger partial charge in [0.05, 0.1) is 17.9 Å². The fourth-order valence-corrected chi connectivity index (χ4v) is 3.53.